The fourth-order valence-electron chi connectivity index (χ4n) is 5.28. The van der Waals surface area contributed by atoms with E-state index < -0.39 is 0 Å². The van der Waals surface area contributed by atoms with Crippen molar-refractivity contribution in [3.05, 3.63) is 0 Å². The molecule has 65 heavy (non-hydrogen) atoms. The zero-order valence-electron chi connectivity index (χ0n) is 44.1. The lowest BCUT2D eigenvalue weighted by Crippen LogP contribution is -2.31. The fraction of sp³-hybridized carbons (Fsp3) is 1.00. The minimum absolute atomic E-state index is 0.00885. The monoisotopic (exact) mass is 945 g/mol. The van der Waals surface area contributed by atoms with Crippen LogP contribution in [0, 0.1) is 5.92 Å². The number of aliphatic hydroxyl groups is 1. The van der Waals surface area contributed by atoms with E-state index >= 15 is 0 Å². The van der Waals surface area contributed by atoms with Gasteiger partial charge in [-0.3, -0.25) is 0 Å². The predicted octanol–water partition coefficient (Wildman–Crippen LogP) is 6.71. The van der Waals surface area contributed by atoms with Gasteiger partial charge in [-0.25, -0.2) is 0 Å². The molecule has 0 aromatic heterocycles. The number of ether oxygens (including phenoxy) is 15. The molecule has 16 nitrogen and oxygen atoms in total. The molecular formula is C49H100O16. The van der Waals surface area contributed by atoms with Gasteiger partial charge < -0.3 is 76.2 Å². The first-order valence-electron chi connectivity index (χ1n) is 24.5. The highest BCUT2D eigenvalue weighted by Gasteiger charge is 2.18. The van der Waals surface area contributed by atoms with Crippen LogP contribution in [0.3, 0.4) is 0 Å². The molecule has 15 unspecified atom stereocenters. The highest BCUT2D eigenvalue weighted by molar-refractivity contribution is 4.62. The maximum Gasteiger partial charge on any atom is 0.0781 e. The zero-order chi connectivity index (χ0) is 49.2. The Bertz CT molecular complexity index is 1050. The standard InChI is InChI=1S/C49H100O16/c1-34(2)19-51-36(4)21-53-38(6)23-55-40(8)25-57-42(10)27-59-44(12)29-61-46(14)31-63-48(16)33-65-49(17)32-64-47(15)30-62-45(13)28-60-43(11)26-58-41(9)24-56-39(7)22-54-37(5)20-52-35(3)18-50/h34-50H,18-33H2,1-17H3. The molecule has 0 saturated carbocycles. The van der Waals surface area contributed by atoms with Crippen LogP contribution in [-0.2, 0) is 71.1 Å². The lowest BCUT2D eigenvalue weighted by atomic mass is 10.2. The van der Waals surface area contributed by atoms with Crippen molar-refractivity contribution in [1.82, 2.24) is 0 Å². The summed E-state index contributed by atoms with van der Waals surface area (Å²) < 4.78 is 88.4. The summed E-state index contributed by atoms with van der Waals surface area (Å²) in [7, 11) is 0. The Morgan fingerprint density at radius 3 is 0.400 bits per heavy atom. The first-order chi connectivity index (χ1) is 30.7. The number of aliphatic hydroxyl groups excluding tert-OH is 1. The lowest BCUT2D eigenvalue weighted by Gasteiger charge is -2.23. The Morgan fingerprint density at radius 1 is 0.185 bits per heavy atom. The van der Waals surface area contributed by atoms with E-state index in [4.69, 9.17) is 76.2 Å². The van der Waals surface area contributed by atoms with E-state index in [0.717, 1.165) is 6.61 Å². The van der Waals surface area contributed by atoms with Gasteiger partial charge in [0, 0.05) is 6.61 Å². The Morgan fingerprint density at radius 2 is 0.292 bits per heavy atom. The van der Waals surface area contributed by atoms with Crippen LogP contribution in [0.25, 0.3) is 0 Å². The quantitative estimate of drug-likeness (QED) is 0.0686. The van der Waals surface area contributed by atoms with Crippen molar-refractivity contribution in [3.8, 4) is 0 Å². The van der Waals surface area contributed by atoms with Crippen molar-refractivity contribution in [1.29, 1.82) is 0 Å². The van der Waals surface area contributed by atoms with Gasteiger partial charge >= 0.3 is 0 Å². The molecule has 0 fully saturated rings. The van der Waals surface area contributed by atoms with Gasteiger partial charge in [0.25, 0.3) is 0 Å². The average Bonchev–Trinajstić information content (AvgIpc) is 3.28. The second kappa shape index (κ2) is 40.1. The van der Waals surface area contributed by atoms with Crippen LogP contribution in [0.2, 0.25) is 0 Å². The van der Waals surface area contributed by atoms with Gasteiger partial charge in [-0.05, 0) is 110 Å². The molecule has 0 aliphatic heterocycles. The van der Waals surface area contributed by atoms with Crippen molar-refractivity contribution in [2.75, 3.05) is 106 Å². The van der Waals surface area contributed by atoms with E-state index in [1.807, 2.05) is 104 Å². The van der Waals surface area contributed by atoms with Crippen molar-refractivity contribution >= 4 is 0 Å². The largest absolute Gasteiger partial charge is 0.394 e. The van der Waals surface area contributed by atoms with Crippen LogP contribution in [0.1, 0.15) is 118 Å². The summed E-state index contributed by atoms with van der Waals surface area (Å²) in [4.78, 5) is 0. The van der Waals surface area contributed by atoms with E-state index in [-0.39, 0.29) is 98.2 Å². The van der Waals surface area contributed by atoms with Gasteiger partial charge in [-0.2, -0.15) is 0 Å². The van der Waals surface area contributed by atoms with E-state index in [0.29, 0.717) is 98.4 Å². The summed E-state index contributed by atoms with van der Waals surface area (Å²) in [5, 5.41) is 9.07. The second-order valence-electron chi connectivity index (χ2n) is 18.7. The number of rotatable bonds is 46. The first kappa shape index (κ1) is 64.4. The molecule has 392 valence electrons. The van der Waals surface area contributed by atoms with Gasteiger partial charge in [0.1, 0.15) is 0 Å². The maximum absolute atomic E-state index is 9.07. The molecular weight excluding hydrogens is 845 g/mol. The molecule has 0 radical (unpaired) electrons. The summed E-state index contributed by atoms with van der Waals surface area (Å²) in [6.07, 6.45) is -1.24. The number of hydrogen-bond acceptors (Lipinski definition) is 16. The van der Waals surface area contributed by atoms with E-state index in [1.165, 1.54) is 0 Å². The van der Waals surface area contributed by atoms with E-state index in [1.54, 1.807) is 0 Å². The molecule has 0 aromatic rings. The summed E-state index contributed by atoms with van der Waals surface area (Å²) >= 11 is 0. The zero-order valence-corrected chi connectivity index (χ0v) is 44.1. The van der Waals surface area contributed by atoms with E-state index in [9.17, 15) is 0 Å². The fourth-order valence-corrected chi connectivity index (χ4v) is 5.28. The molecule has 16 heteroatoms. The van der Waals surface area contributed by atoms with Crippen molar-refractivity contribution in [2.24, 2.45) is 5.92 Å². The Kier molecular flexibility index (Phi) is 39.7. The Balaban J connectivity index is 3.99. The molecule has 1 N–H and O–H groups in total. The molecule has 0 bridgehead atoms. The Hall–Kier alpha value is -0.640. The summed E-state index contributed by atoms with van der Waals surface area (Å²) in [6.45, 7) is 41.1. The van der Waals surface area contributed by atoms with Gasteiger partial charge in [0.15, 0.2) is 0 Å². The smallest absolute Gasteiger partial charge is 0.0781 e. The lowest BCUT2D eigenvalue weighted by molar-refractivity contribution is -0.116. The maximum atomic E-state index is 9.07. The third-order valence-electron chi connectivity index (χ3n) is 9.59. The Labute approximate surface area is 396 Å². The highest BCUT2D eigenvalue weighted by Crippen LogP contribution is 2.09. The van der Waals surface area contributed by atoms with Crippen LogP contribution < -0.4 is 0 Å². The third kappa shape index (κ3) is 40.9. The molecule has 0 heterocycles. The first-order valence-corrected chi connectivity index (χ1v) is 24.5. The molecule has 0 spiro atoms. The third-order valence-corrected chi connectivity index (χ3v) is 9.59. The van der Waals surface area contributed by atoms with Crippen LogP contribution >= 0.6 is 0 Å². The molecule has 0 aliphatic carbocycles. The van der Waals surface area contributed by atoms with Crippen molar-refractivity contribution < 1.29 is 76.2 Å². The van der Waals surface area contributed by atoms with Gasteiger partial charge in [0.2, 0.25) is 0 Å². The minimum Gasteiger partial charge on any atom is -0.394 e. The topological polar surface area (TPSA) is 159 Å². The van der Waals surface area contributed by atoms with Gasteiger partial charge in [-0.1, -0.05) is 13.8 Å². The summed E-state index contributed by atoms with van der Waals surface area (Å²) in [5.41, 5.74) is 0. The second-order valence-corrected chi connectivity index (χ2v) is 18.7. The minimum atomic E-state index is -0.201. The van der Waals surface area contributed by atoms with Gasteiger partial charge in [-0.15, -0.1) is 0 Å². The number of hydrogen-bond donors (Lipinski definition) is 1. The molecule has 0 rings (SSSR count). The molecule has 0 amide bonds. The van der Waals surface area contributed by atoms with Crippen LogP contribution in [0.5, 0.6) is 0 Å². The summed E-state index contributed by atoms with van der Waals surface area (Å²) in [5.74, 6) is 0.506. The normalized spacial score (nSPS) is 19.4. The predicted molar refractivity (Wildman–Crippen MR) is 253 cm³/mol. The van der Waals surface area contributed by atoms with Crippen molar-refractivity contribution in [3.63, 3.8) is 0 Å². The molecule has 15 atom stereocenters. The SMILES string of the molecule is CC(C)COC(C)COC(C)COC(C)COC(C)COC(C)COC(C)COC(C)COC(C)COC(C)COC(C)COC(C)COC(C)COC(C)COC(C)COC(C)CO. The molecule has 0 aliphatic rings. The van der Waals surface area contributed by atoms with Gasteiger partial charge in [0.05, 0.1) is 191 Å². The van der Waals surface area contributed by atoms with Crippen LogP contribution in [-0.4, -0.2) is 202 Å². The van der Waals surface area contributed by atoms with Crippen molar-refractivity contribution in [2.45, 2.75) is 209 Å². The van der Waals surface area contributed by atoms with Crippen LogP contribution in [0.15, 0.2) is 0 Å². The molecule has 0 aromatic carbocycles. The average molecular weight is 945 g/mol. The summed E-state index contributed by atoms with van der Waals surface area (Å²) in [6, 6.07) is 0. The van der Waals surface area contributed by atoms with E-state index in [2.05, 4.69) is 13.8 Å². The molecule has 0 saturated heterocycles. The van der Waals surface area contributed by atoms with Crippen LogP contribution in [0.4, 0.5) is 0 Å². The highest BCUT2D eigenvalue weighted by atomic mass is 16.6.